The lowest BCUT2D eigenvalue weighted by atomic mass is 9.91. The molecular weight excluding hydrogens is 160 g/mol. The van der Waals surface area contributed by atoms with Crippen molar-refractivity contribution >= 4 is 5.78 Å². The predicted molar refractivity (Wildman–Crippen MR) is 54.8 cm³/mol. The Morgan fingerprint density at radius 3 is 2.31 bits per heavy atom. The van der Waals surface area contributed by atoms with E-state index in [0.717, 1.165) is 12.0 Å². The minimum atomic E-state index is 0.103. The van der Waals surface area contributed by atoms with Gasteiger partial charge in [-0.3, -0.25) is 4.79 Å². The van der Waals surface area contributed by atoms with Crippen LogP contribution in [-0.4, -0.2) is 5.78 Å². The van der Waals surface area contributed by atoms with Crippen LogP contribution in [0.2, 0.25) is 0 Å². The smallest absolute Gasteiger partial charge is 0.140 e. The Labute approximate surface area is 79.8 Å². The van der Waals surface area contributed by atoms with Crippen LogP contribution in [0, 0.1) is 0 Å². The Morgan fingerprint density at radius 2 is 1.85 bits per heavy atom. The molecule has 0 amide bonds. The van der Waals surface area contributed by atoms with E-state index >= 15 is 0 Å². The Bertz CT molecular complexity index is 264. The summed E-state index contributed by atoms with van der Waals surface area (Å²) < 4.78 is 0. The van der Waals surface area contributed by atoms with Gasteiger partial charge in [0.05, 0.1) is 0 Å². The summed E-state index contributed by atoms with van der Waals surface area (Å²) in [6.45, 7) is 3.99. The maximum absolute atomic E-state index is 11.5. The number of hydrogen-bond acceptors (Lipinski definition) is 1. The molecule has 0 aliphatic carbocycles. The molecule has 1 atom stereocenters. The normalized spacial score (nSPS) is 12.5. The van der Waals surface area contributed by atoms with Gasteiger partial charge in [-0.2, -0.15) is 0 Å². The number of hydrogen-bond donors (Lipinski definition) is 0. The second kappa shape index (κ2) is 4.80. The third kappa shape index (κ3) is 2.41. The molecule has 70 valence electrons. The number of benzene rings is 1. The molecule has 0 aliphatic heterocycles. The zero-order valence-electron chi connectivity index (χ0n) is 8.29. The van der Waals surface area contributed by atoms with Crippen LogP contribution in [0.15, 0.2) is 30.3 Å². The molecule has 1 aromatic carbocycles. The fourth-order valence-corrected chi connectivity index (χ4v) is 1.58. The largest absolute Gasteiger partial charge is 0.299 e. The average molecular weight is 176 g/mol. The van der Waals surface area contributed by atoms with Crippen molar-refractivity contribution < 1.29 is 4.79 Å². The topological polar surface area (TPSA) is 17.1 Å². The molecule has 0 N–H and O–H groups in total. The molecule has 0 saturated heterocycles. The van der Waals surface area contributed by atoms with Crippen LogP contribution in [-0.2, 0) is 4.79 Å². The second-order valence-electron chi connectivity index (χ2n) is 3.19. The van der Waals surface area contributed by atoms with Crippen LogP contribution in [0.1, 0.15) is 38.2 Å². The third-order valence-electron chi connectivity index (χ3n) is 2.35. The number of ketones is 1. The molecule has 1 heteroatoms. The molecule has 1 aromatic rings. The molecule has 0 aromatic heterocycles. The summed E-state index contributed by atoms with van der Waals surface area (Å²) in [5, 5.41) is 0. The Kier molecular flexibility index (Phi) is 3.69. The summed E-state index contributed by atoms with van der Waals surface area (Å²) in [7, 11) is 0. The fraction of sp³-hybridized carbons (Fsp3) is 0.417. The monoisotopic (exact) mass is 176 g/mol. The van der Waals surface area contributed by atoms with Crippen LogP contribution >= 0.6 is 0 Å². The van der Waals surface area contributed by atoms with Gasteiger partial charge in [0.25, 0.3) is 0 Å². The van der Waals surface area contributed by atoms with Gasteiger partial charge >= 0.3 is 0 Å². The van der Waals surface area contributed by atoms with Crippen LogP contribution in [0.5, 0.6) is 0 Å². The van der Waals surface area contributed by atoms with Crippen molar-refractivity contribution in [3.8, 4) is 0 Å². The lowest BCUT2D eigenvalue weighted by Gasteiger charge is -2.12. The predicted octanol–water partition coefficient (Wildman–Crippen LogP) is 3.16. The van der Waals surface area contributed by atoms with E-state index in [9.17, 15) is 4.79 Å². The molecular formula is C12H16O. The number of rotatable bonds is 4. The van der Waals surface area contributed by atoms with Crippen molar-refractivity contribution in [2.45, 2.75) is 32.6 Å². The summed E-state index contributed by atoms with van der Waals surface area (Å²) >= 11 is 0. The average Bonchev–Trinajstić information content (AvgIpc) is 2.20. The molecule has 0 radical (unpaired) electrons. The highest BCUT2D eigenvalue weighted by molar-refractivity contribution is 5.85. The second-order valence-corrected chi connectivity index (χ2v) is 3.19. The van der Waals surface area contributed by atoms with Crippen molar-refractivity contribution in [2.24, 2.45) is 0 Å². The quantitative estimate of drug-likeness (QED) is 0.688. The van der Waals surface area contributed by atoms with Crippen LogP contribution in [0.4, 0.5) is 0 Å². The van der Waals surface area contributed by atoms with E-state index in [0.29, 0.717) is 12.2 Å². The van der Waals surface area contributed by atoms with E-state index in [4.69, 9.17) is 0 Å². The highest BCUT2D eigenvalue weighted by Gasteiger charge is 2.15. The number of carbonyl (C=O) groups is 1. The molecule has 0 spiro atoms. The molecule has 1 rings (SSSR count). The van der Waals surface area contributed by atoms with Crippen molar-refractivity contribution in [2.75, 3.05) is 0 Å². The Morgan fingerprint density at radius 1 is 1.23 bits per heavy atom. The zero-order chi connectivity index (χ0) is 9.68. The standard InChI is InChI=1S/C12H16O/c1-3-11(12(13)4-2)10-8-6-5-7-9-10/h5-9,11H,3-4H2,1-2H3. The van der Waals surface area contributed by atoms with Crippen LogP contribution in [0.3, 0.4) is 0 Å². The molecule has 1 unspecified atom stereocenters. The summed E-state index contributed by atoms with van der Waals surface area (Å²) in [6, 6.07) is 10.0. The minimum absolute atomic E-state index is 0.103. The summed E-state index contributed by atoms with van der Waals surface area (Å²) in [5.41, 5.74) is 1.15. The molecule has 0 aliphatic rings. The van der Waals surface area contributed by atoms with E-state index in [1.165, 1.54) is 0 Å². The van der Waals surface area contributed by atoms with Crippen molar-refractivity contribution in [1.82, 2.24) is 0 Å². The van der Waals surface area contributed by atoms with Gasteiger partial charge in [0.15, 0.2) is 0 Å². The van der Waals surface area contributed by atoms with Gasteiger partial charge in [-0.1, -0.05) is 44.2 Å². The maximum atomic E-state index is 11.5. The molecule has 0 saturated carbocycles. The molecule has 1 nitrogen and oxygen atoms in total. The first-order valence-electron chi connectivity index (χ1n) is 4.87. The van der Waals surface area contributed by atoms with Crippen LogP contribution < -0.4 is 0 Å². The van der Waals surface area contributed by atoms with Gasteiger partial charge in [-0.25, -0.2) is 0 Å². The van der Waals surface area contributed by atoms with E-state index in [1.807, 2.05) is 37.3 Å². The SMILES string of the molecule is CCC(=O)C(CC)c1ccccc1. The minimum Gasteiger partial charge on any atom is -0.299 e. The van der Waals surface area contributed by atoms with E-state index in [2.05, 4.69) is 6.92 Å². The first-order valence-corrected chi connectivity index (χ1v) is 4.87. The van der Waals surface area contributed by atoms with E-state index < -0.39 is 0 Å². The van der Waals surface area contributed by atoms with Crippen molar-refractivity contribution in [3.05, 3.63) is 35.9 Å². The molecule has 0 heterocycles. The van der Waals surface area contributed by atoms with Gasteiger partial charge in [0.1, 0.15) is 5.78 Å². The summed E-state index contributed by atoms with van der Waals surface area (Å²) in [6.07, 6.45) is 1.53. The van der Waals surface area contributed by atoms with Gasteiger partial charge in [-0.15, -0.1) is 0 Å². The van der Waals surface area contributed by atoms with Gasteiger partial charge in [0, 0.05) is 12.3 Å². The molecule has 0 bridgehead atoms. The molecule has 0 fully saturated rings. The first-order chi connectivity index (χ1) is 6.29. The number of Topliss-reactive ketones (excluding diaryl/α,β-unsaturated/α-hetero) is 1. The Hall–Kier alpha value is -1.11. The fourth-order valence-electron chi connectivity index (χ4n) is 1.58. The van der Waals surface area contributed by atoms with Gasteiger partial charge in [0.2, 0.25) is 0 Å². The van der Waals surface area contributed by atoms with Crippen molar-refractivity contribution in [3.63, 3.8) is 0 Å². The number of carbonyl (C=O) groups excluding carboxylic acids is 1. The summed E-state index contributed by atoms with van der Waals surface area (Å²) in [5.74, 6) is 0.444. The highest BCUT2D eigenvalue weighted by Crippen LogP contribution is 2.21. The van der Waals surface area contributed by atoms with Crippen LogP contribution in [0.25, 0.3) is 0 Å². The highest BCUT2D eigenvalue weighted by atomic mass is 16.1. The zero-order valence-corrected chi connectivity index (χ0v) is 8.29. The van der Waals surface area contributed by atoms with Gasteiger partial charge < -0.3 is 0 Å². The van der Waals surface area contributed by atoms with Crippen molar-refractivity contribution in [1.29, 1.82) is 0 Å². The lowest BCUT2D eigenvalue weighted by molar-refractivity contribution is -0.120. The maximum Gasteiger partial charge on any atom is 0.140 e. The Balaban J connectivity index is 2.85. The van der Waals surface area contributed by atoms with E-state index in [1.54, 1.807) is 0 Å². The summed E-state index contributed by atoms with van der Waals surface area (Å²) in [4.78, 5) is 11.5. The molecule has 13 heavy (non-hydrogen) atoms. The lowest BCUT2D eigenvalue weighted by Crippen LogP contribution is -2.09. The van der Waals surface area contributed by atoms with E-state index in [-0.39, 0.29) is 5.92 Å². The van der Waals surface area contributed by atoms with Gasteiger partial charge in [-0.05, 0) is 12.0 Å². The third-order valence-corrected chi connectivity index (χ3v) is 2.35. The first kappa shape index (κ1) is 9.97.